The van der Waals surface area contributed by atoms with Crippen molar-refractivity contribution in [2.45, 2.75) is 32.8 Å². The molecule has 6 heteroatoms. The van der Waals surface area contributed by atoms with Gasteiger partial charge in [-0.05, 0) is 19.6 Å². The molecule has 0 unspecified atom stereocenters. The molecule has 1 heterocycles. The summed E-state index contributed by atoms with van der Waals surface area (Å²) in [5.41, 5.74) is 0. The number of ether oxygens (including phenoxy) is 2. The highest BCUT2D eigenvalue weighted by Crippen LogP contribution is 2.35. The van der Waals surface area contributed by atoms with Crippen LogP contribution in [0.15, 0.2) is 0 Å². The van der Waals surface area contributed by atoms with Gasteiger partial charge in [0.2, 0.25) is 0 Å². The fraction of sp³-hybridized carbons (Fsp3) is 0.750. The molecule has 3 atom stereocenters. The van der Waals surface area contributed by atoms with Crippen LogP contribution in [0.4, 0.5) is 0 Å². The molecular weight excluding hydrogens is 256 g/mol. The number of rotatable bonds is 5. The van der Waals surface area contributed by atoms with Gasteiger partial charge in [-0.25, -0.2) is 0 Å². The van der Waals surface area contributed by atoms with Crippen molar-refractivity contribution in [1.82, 2.24) is 0 Å². The molecule has 1 rings (SSSR count). The Labute approximate surface area is 111 Å². The number of carbonyl (C=O) groups is 3. The van der Waals surface area contributed by atoms with Gasteiger partial charge in [-0.3, -0.25) is 14.4 Å². The predicted molar refractivity (Wildman–Crippen MR) is 66.9 cm³/mol. The second kappa shape index (κ2) is 6.78. The Kier molecular flexibility index (Phi) is 5.65. The molecule has 1 aliphatic rings. The summed E-state index contributed by atoms with van der Waals surface area (Å²) in [6.07, 6.45) is 2.50. The van der Waals surface area contributed by atoms with Crippen LogP contribution in [0.2, 0.25) is 0 Å². The minimum Gasteiger partial charge on any atom is -0.465 e. The summed E-state index contributed by atoms with van der Waals surface area (Å²) in [5.74, 6) is -3.11. The second-order valence-electron chi connectivity index (χ2n) is 4.04. The van der Waals surface area contributed by atoms with Crippen LogP contribution >= 0.6 is 11.8 Å². The third-order valence-electron chi connectivity index (χ3n) is 2.87. The average molecular weight is 274 g/mol. The van der Waals surface area contributed by atoms with Crippen LogP contribution in [-0.4, -0.2) is 36.0 Å². The van der Waals surface area contributed by atoms with Crippen LogP contribution in [0.1, 0.15) is 26.7 Å². The maximum atomic E-state index is 11.9. The lowest BCUT2D eigenvalue weighted by Gasteiger charge is -2.17. The van der Waals surface area contributed by atoms with Gasteiger partial charge in [0, 0.05) is 0 Å². The first-order valence-electron chi connectivity index (χ1n) is 6.01. The lowest BCUT2D eigenvalue weighted by molar-refractivity contribution is -0.157. The first-order chi connectivity index (χ1) is 8.56. The van der Waals surface area contributed by atoms with Gasteiger partial charge < -0.3 is 9.47 Å². The molecule has 18 heavy (non-hydrogen) atoms. The van der Waals surface area contributed by atoms with Crippen LogP contribution in [0.3, 0.4) is 0 Å². The van der Waals surface area contributed by atoms with E-state index in [-0.39, 0.29) is 11.7 Å². The van der Waals surface area contributed by atoms with E-state index in [9.17, 15) is 14.4 Å². The smallest absolute Gasteiger partial charge is 0.321 e. The second-order valence-corrected chi connectivity index (χ2v) is 4.85. The highest BCUT2D eigenvalue weighted by Gasteiger charge is 2.52. The Morgan fingerprint density at radius 3 is 2.56 bits per heavy atom. The van der Waals surface area contributed by atoms with Crippen LogP contribution in [-0.2, 0) is 23.9 Å². The molecule has 0 spiro atoms. The monoisotopic (exact) mass is 274 g/mol. The Balaban J connectivity index is 2.94. The lowest BCUT2D eigenvalue weighted by Crippen LogP contribution is -2.33. The van der Waals surface area contributed by atoms with E-state index in [2.05, 4.69) is 0 Å². The van der Waals surface area contributed by atoms with E-state index in [4.69, 9.17) is 9.47 Å². The fourth-order valence-electron chi connectivity index (χ4n) is 2.08. The number of carbonyl (C=O) groups excluding carboxylic acids is 3. The van der Waals surface area contributed by atoms with Crippen molar-refractivity contribution in [2.75, 3.05) is 12.9 Å². The van der Waals surface area contributed by atoms with Gasteiger partial charge in [0.1, 0.15) is 6.10 Å². The van der Waals surface area contributed by atoms with E-state index in [1.165, 1.54) is 0 Å². The van der Waals surface area contributed by atoms with E-state index in [0.29, 0.717) is 6.42 Å². The van der Waals surface area contributed by atoms with E-state index in [1.54, 1.807) is 13.2 Å². The summed E-state index contributed by atoms with van der Waals surface area (Å²) < 4.78 is 9.99. The molecule has 0 aromatic carbocycles. The molecule has 102 valence electrons. The van der Waals surface area contributed by atoms with Gasteiger partial charge in [-0.15, -0.1) is 0 Å². The first kappa shape index (κ1) is 15.0. The third kappa shape index (κ3) is 3.04. The Morgan fingerprint density at radius 1 is 1.39 bits per heavy atom. The van der Waals surface area contributed by atoms with Crippen molar-refractivity contribution in [1.29, 1.82) is 0 Å². The molecule has 1 aliphatic heterocycles. The van der Waals surface area contributed by atoms with Crippen molar-refractivity contribution in [3.05, 3.63) is 0 Å². The molecule has 0 bridgehead atoms. The Bertz CT molecular complexity index is 341. The van der Waals surface area contributed by atoms with Gasteiger partial charge in [0.15, 0.2) is 11.0 Å². The summed E-state index contributed by atoms with van der Waals surface area (Å²) in [6.45, 7) is 3.78. The normalized spacial score (nSPS) is 26.8. The molecule has 1 fully saturated rings. The molecule has 0 N–H and O–H groups in total. The standard InChI is InChI=1S/C12H18O5S/c1-4-6-7-8(12(15)18-3)9(11(14)17-7)10(13)16-5-2/h7-9H,4-6H2,1-3H3/t7-,8-,9+/m1/s1. The SMILES string of the molecule is CCC[C@H]1OC(=O)[C@H](C(=O)OCC)[C@@H]1C(=O)SC. The molecule has 0 saturated carbocycles. The lowest BCUT2D eigenvalue weighted by atomic mass is 9.89. The van der Waals surface area contributed by atoms with Crippen molar-refractivity contribution in [3.8, 4) is 0 Å². The van der Waals surface area contributed by atoms with Gasteiger partial charge in [0.05, 0.1) is 12.5 Å². The summed E-state index contributed by atoms with van der Waals surface area (Å²) in [4.78, 5) is 35.4. The van der Waals surface area contributed by atoms with E-state index in [1.807, 2.05) is 6.92 Å². The number of esters is 2. The minimum atomic E-state index is -1.10. The maximum absolute atomic E-state index is 11.9. The average Bonchev–Trinajstić information content (AvgIpc) is 2.66. The van der Waals surface area contributed by atoms with Crippen LogP contribution in [0, 0.1) is 11.8 Å². The molecule has 0 radical (unpaired) electrons. The zero-order valence-electron chi connectivity index (χ0n) is 10.8. The fourth-order valence-corrected chi connectivity index (χ4v) is 2.64. The van der Waals surface area contributed by atoms with Crippen molar-refractivity contribution >= 4 is 28.8 Å². The molecule has 0 aromatic rings. The highest BCUT2D eigenvalue weighted by molar-refractivity contribution is 8.13. The Morgan fingerprint density at radius 2 is 2.06 bits per heavy atom. The summed E-state index contributed by atoms with van der Waals surface area (Å²) in [7, 11) is 0. The van der Waals surface area contributed by atoms with Crippen molar-refractivity contribution < 1.29 is 23.9 Å². The molecular formula is C12H18O5S. The minimum absolute atomic E-state index is 0.182. The number of cyclic esters (lactones) is 1. The number of thioether (sulfide) groups is 1. The van der Waals surface area contributed by atoms with Crippen LogP contribution in [0.25, 0.3) is 0 Å². The largest absolute Gasteiger partial charge is 0.465 e. The van der Waals surface area contributed by atoms with E-state index >= 15 is 0 Å². The van der Waals surface area contributed by atoms with Crippen LogP contribution in [0.5, 0.6) is 0 Å². The number of hydrogen-bond acceptors (Lipinski definition) is 6. The molecule has 1 saturated heterocycles. The summed E-state index contributed by atoms with van der Waals surface area (Å²) >= 11 is 1.01. The van der Waals surface area contributed by atoms with E-state index < -0.39 is 29.9 Å². The zero-order valence-corrected chi connectivity index (χ0v) is 11.6. The maximum Gasteiger partial charge on any atom is 0.321 e. The van der Waals surface area contributed by atoms with Gasteiger partial charge in [-0.1, -0.05) is 25.1 Å². The third-order valence-corrected chi connectivity index (χ3v) is 3.54. The predicted octanol–water partition coefficient (Wildman–Crippen LogP) is 1.40. The van der Waals surface area contributed by atoms with Gasteiger partial charge in [0.25, 0.3) is 0 Å². The zero-order chi connectivity index (χ0) is 13.7. The summed E-state index contributed by atoms with van der Waals surface area (Å²) in [6, 6.07) is 0. The van der Waals surface area contributed by atoms with Gasteiger partial charge >= 0.3 is 11.9 Å². The highest BCUT2D eigenvalue weighted by atomic mass is 32.2. The van der Waals surface area contributed by atoms with Crippen LogP contribution < -0.4 is 0 Å². The van der Waals surface area contributed by atoms with Crippen molar-refractivity contribution in [2.24, 2.45) is 11.8 Å². The summed E-state index contributed by atoms with van der Waals surface area (Å²) in [5, 5.41) is -0.197. The van der Waals surface area contributed by atoms with E-state index in [0.717, 1.165) is 18.2 Å². The Hall–Kier alpha value is -1.04. The first-order valence-corrected chi connectivity index (χ1v) is 7.24. The molecule has 0 aliphatic carbocycles. The molecule has 5 nitrogen and oxygen atoms in total. The molecule has 0 aromatic heterocycles. The quantitative estimate of drug-likeness (QED) is 0.557. The van der Waals surface area contributed by atoms with Crippen molar-refractivity contribution in [3.63, 3.8) is 0 Å². The molecule has 0 amide bonds. The number of hydrogen-bond donors (Lipinski definition) is 0. The van der Waals surface area contributed by atoms with Gasteiger partial charge in [-0.2, -0.15) is 0 Å². The topological polar surface area (TPSA) is 69.7 Å².